The Morgan fingerprint density at radius 3 is 2.65 bits per heavy atom. The number of nitrogens with zero attached hydrogens (tertiary/aromatic N) is 7. The Morgan fingerprint density at radius 2 is 2.05 bits per heavy atom. The Kier molecular flexibility index (Phi) is 3.96. The number of aromatic carboxylic acids is 1. The molecule has 0 spiro atoms. The Hall–Kier alpha value is -2.46. The van der Waals surface area contributed by atoms with Crippen LogP contribution in [0.25, 0.3) is 0 Å². The molecule has 11 heteroatoms. The Labute approximate surface area is 111 Å². The summed E-state index contributed by atoms with van der Waals surface area (Å²) in [6.45, 7) is 2.26. The van der Waals surface area contributed by atoms with Gasteiger partial charge in [-0.25, -0.2) is 22.9 Å². The molecule has 0 radical (unpaired) electrons. The molecule has 0 aliphatic heterocycles. The van der Waals surface area contributed by atoms with E-state index in [1.165, 1.54) is 4.68 Å². The highest BCUT2D eigenvalue weighted by Gasteiger charge is 2.27. The van der Waals surface area contributed by atoms with Gasteiger partial charge in [0.25, 0.3) is 6.43 Å². The first-order valence-corrected chi connectivity index (χ1v) is 5.74. The first-order chi connectivity index (χ1) is 9.54. The smallest absolute Gasteiger partial charge is 0.358 e. The van der Waals surface area contributed by atoms with Crippen molar-refractivity contribution in [3.05, 3.63) is 17.2 Å². The molecule has 20 heavy (non-hydrogen) atoms. The summed E-state index contributed by atoms with van der Waals surface area (Å²) < 4.78 is 28.1. The van der Waals surface area contributed by atoms with Crippen LogP contribution in [-0.2, 0) is 13.1 Å². The maximum absolute atomic E-state index is 12.9. The zero-order chi connectivity index (χ0) is 14.7. The van der Waals surface area contributed by atoms with E-state index in [1.54, 1.807) is 0 Å². The van der Waals surface area contributed by atoms with Gasteiger partial charge in [0.1, 0.15) is 12.2 Å². The van der Waals surface area contributed by atoms with Crippen LogP contribution in [0.5, 0.6) is 0 Å². The minimum Gasteiger partial charge on any atom is -0.476 e. The van der Waals surface area contributed by atoms with Crippen molar-refractivity contribution in [1.29, 1.82) is 0 Å². The number of hydrogen-bond donors (Lipinski definition) is 1. The molecule has 0 aromatic carbocycles. The quantitative estimate of drug-likeness (QED) is 0.816. The third kappa shape index (κ3) is 2.60. The third-order valence-corrected chi connectivity index (χ3v) is 2.52. The van der Waals surface area contributed by atoms with Gasteiger partial charge in [-0.2, -0.15) is 0 Å². The summed E-state index contributed by atoms with van der Waals surface area (Å²) in [5.74, 6) is -1.25. The number of carboxylic acid groups (broad SMARTS) is 1. The minimum atomic E-state index is -3.01. The SMILES string of the molecule is CCCn1nnnc1Cn1nnc(C(=O)O)c1C(F)F. The highest BCUT2D eigenvalue weighted by Crippen LogP contribution is 2.21. The molecule has 0 saturated carbocycles. The Balaban J connectivity index is 2.34. The van der Waals surface area contributed by atoms with Crippen LogP contribution in [-0.4, -0.2) is 46.3 Å². The lowest BCUT2D eigenvalue weighted by molar-refractivity contribution is 0.0675. The molecule has 108 valence electrons. The molecule has 0 aliphatic carbocycles. The van der Waals surface area contributed by atoms with Crippen molar-refractivity contribution >= 4 is 5.97 Å². The maximum atomic E-state index is 12.9. The van der Waals surface area contributed by atoms with Crippen LogP contribution in [0.15, 0.2) is 0 Å². The summed E-state index contributed by atoms with van der Waals surface area (Å²) in [5, 5.41) is 26.3. The second-order valence-electron chi connectivity index (χ2n) is 3.91. The summed E-state index contributed by atoms with van der Waals surface area (Å²) in [4.78, 5) is 10.8. The number of alkyl halides is 2. The molecule has 0 saturated heterocycles. The summed E-state index contributed by atoms with van der Waals surface area (Å²) >= 11 is 0. The number of hydrogen-bond acceptors (Lipinski definition) is 6. The van der Waals surface area contributed by atoms with E-state index < -0.39 is 23.8 Å². The van der Waals surface area contributed by atoms with E-state index in [1.807, 2.05) is 6.92 Å². The van der Waals surface area contributed by atoms with Gasteiger partial charge in [-0.05, 0) is 16.8 Å². The lowest BCUT2D eigenvalue weighted by atomic mass is 10.3. The van der Waals surface area contributed by atoms with Gasteiger partial charge >= 0.3 is 5.97 Å². The van der Waals surface area contributed by atoms with Crippen molar-refractivity contribution in [2.75, 3.05) is 0 Å². The lowest BCUT2D eigenvalue weighted by Crippen LogP contribution is -2.14. The first-order valence-electron chi connectivity index (χ1n) is 5.74. The fraction of sp³-hybridized carbons (Fsp3) is 0.556. The third-order valence-electron chi connectivity index (χ3n) is 2.52. The zero-order valence-electron chi connectivity index (χ0n) is 10.4. The monoisotopic (exact) mass is 287 g/mol. The highest BCUT2D eigenvalue weighted by atomic mass is 19.3. The molecular weight excluding hydrogens is 276 g/mol. The predicted octanol–water partition coefficient (Wildman–Crippen LogP) is 0.359. The van der Waals surface area contributed by atoms with Crippen molar-refractivity contribution in [3.8, 4) is 0 Å². The minimum absolute atomic E-state index is 0.174. The number of aryl methyl sites for hydroxylation is 1. The molecule has 1 N–H and O–H groups in total. The standard InChI is InChI=1S/C9H11F2N7O2/c1-2-3-17-5(12-14-16-17)4-18-7(8(10)11)6(9(19)20)13-15-18/h8H,2-4H2,1H3,(H,19,20). The second-order valence-corrected chi connectivity index (χ2v) is 3.91. The summed E-state index contributed by atoms with van der Waals surface area (Å²) in [6.07, 6.45) is -2.25. The van der Waals surface area contributed by atoms with Crippen LogP contribution < -0.4 is 0 Å². The number of rotatable bonds is 6. The van der Waals surface area contributed by atoms with E-state index in [4.69, 9.17) is 5.11 Å². The number of aromatic nitrogens is 7. The molecule has 2 aromatic rings. The van der Waals surface area contributed by atoms with E-state index in [-0.39, 0.29) is 6.54 Å². The summed E-state index contributed by atoms with van der Waals surface area (Å²) in [6, 6.07) is 0. The van der Waals surface area contributed by atoms with Crippen molar-refractivity contribution < 1.29 is 18.7 Å². The number of carbonyl (C=O) groups is 1. The molecular formula is C9H11F2N7O2. The fourth-order valence-electron chi connectivity index (χ4n) is 1.66. The predicted molar refractivity (Wildman–Crippen MR) is 59.1 cm³/mol. The van der Waals surface area contributed by atoms with Gasteiger partial charge in [-0.15, -0.1) is 10.2 Å². The van der Waals surface area contributed by atoms with Crippen molar-refractivity contribution in [3.63, 3.8) is 0 Å². The van der Waals surface area contributed by atoms with Crippen molar-refractivity contribution in [1.82, 2.24) is 35.2 Å². The molecule has 0 fully saturated rings. The molecule has 2 heterocycles. The molecule has 2 rings (SSSR count). The van der Waals surface area contributed by atoms with Gasteiger partial charge in [0.2, 0.25) is 0 Å². The molecule has 0 bridgehead atoms. The molecule has 0 amide bonds. The lowest BCUT2D eigenvalue weighted by Gasteiger charge is -2.06. The van der Waals surface area contributed by atoms with Gasteiger partial charge in [0.05, 0.1) is 0 Å². The molecule has 0 aliphatic rings. The van der Waals surface area contributed by atoms with Crippen LogP contribution in [0.4, 0.5) is 8.78 Å². The van der Waals surface area contributed by atoms with E-state index in [2.05, 4.69) is 25.8 Å². The zero-order valence-corrected chi connectivity index (χ0v) is 10.4. The first kappa shape index (κ1) is 14.0. The molecule has 9 nitrogen and oxygen atoms in total. The Morgan fingerprint density at radius 1 is 1.30 bits per heavy atom. The van der Waals surface area contributed by atoms with Gasteiger partial charge in [0.15, 0.2) is 11.5 Å². The normalized spacial score (nSPS) is 11.2. The van der Waals surface area contributed by atoms with Gasteiger partial charge < -0.3 is 5.11 Å². The van der Waals surface area contributed by atoms with Gasteiger partial charge in [-0.3, -0.25) is 0 Å². The van der Waals surface area contributed by atoms with E-state index >= 15 is 0 Å². The average Bonchev–Trinajstić information content (AvgIpc) is 2.97. The van der Waals surface area contributed by atoms with E-state index in [0.717, 1.165) is 11.1 Å². The highest BCUT2D eigenvalue weighted by molar-refractivity contribution is 5.86. The summed E-state index contributed by atoms with van der Waals surface area (Å²) in [7, 11) is 0. The van der Waals surface area contributed by atoms with Gasteiger partial charge in [-0.1, -0.05) is 12.1 Å². The second kappa shape index (κ2) is 5.67. The van der Waals surface area contributed by atoms with Crippen LogP contribution in [0.2, 0.25) is 0 Å². The van der Waals surface area contributed by atoms with Crippen molar-refractivity contribution in [2.45, 2.75) is 32.9 Å². The van der Waals surface area contributed by atoms with E-state index in [9.17, 15) is 13.6 Å². The average molecular weight is 287 g/mol. The number of halogens is 2. The fourth-order valence-corrected chi connectivity index (χ4v) is 1.66. The largest absolute Gasteiger partial charge is 0.476 e. The van der Waals surface area contributed by atoms with Crippen LogP contribution in [0, 0.1) is 0 Å². The summed E-state index contributed by atoms with van der Waals surface area (Å²) in [5.41, 5.74) is -1.53. The molecule has 2 aromatic heterocycles. The van der Waals surface area contributed by atoms with Crippen LogP contribution >= 0.6 is 0 Å². The molecule has 0 unspecified atom stereocenters. The number of carboxylic acids is 1. The Bertz CT molecular complexity index is 609. The van der Waals surface area contributed by atoms with E-state index in [0.29, 0.717) is 12.4 Å². The van der Waals surface area contributed by atoms with Crippen LogP contribution in [0.3, 0.4) is 0 Å². The van der Waals surface area contributed by atoms with Crippen molar-refractivity contribution in [2.24, 2.45) is 0 Å². The topological polar surface area (TPSA) is 112 Å². The van der Waals surface area contributed by atoms with Gasteiger partial charge in [0, 0.05) is 6.54 Å². The van der Waals surface area contributed by atoms with Crippen LogP contribution in [0.1, 0.15) is 41.8 Å². The maximum Gasteiger partial charge on any atom is 0.358 e. The molecule has 0 atom stereocenters. The number of tetrazole rings is 1.